The number of nitrogen functional groups attached to an aromatic ring is 1. The van der Waals surface area contributed by atoms with Gasteiger partial charge >= 0.3 is 0 Å². The molecule has 1 aromatic carbocycles. The number of hydrogen-bond donors (Lipinski definition) is 2. The van der Waals surface area contributed by atoms with Gasteiger partial charge in [-0.05, 0) is 55.3 Å². The van der Waals surface area contributed by atoms with Gasteiger partial charge in [-0.1, -0.05) is 19.1 Å². The SMILES string of the molecule is CC(CCNCCOCC1CC1)c1ccc(N)cc1. The van der Waals surface area contributed by atoms with Crippen LogP contribution in [0.15, 0.2) is 24.3 Å². The third-order valence-corrected chi connectivity index (χ3v) is 3.73. The summed E-state index contributed by atoms with van der Waals surface area (Å²) >= 11 is 0. The quantitative estimate of drug-likeness (QED) is 0.531. The normalized spacial score (nSPS) is 16.5. The van der Waals surface area contributed by atoms with Gasteiger partial charge in [0.15, 0.2) is 0 Å². The lowest BCUT2D eigenvalue weighted by molar-refractivity contribution is 0.126. The van der Waals surface area contributed by atoms with Crippen LogP contribution in [-0.2, 0) is 4.74 Å². The van der Waals surface area contributed by atoms with Crippen molar-refractivity contribution in [3.8, 4) is 0 Å². The fourth-order valence-electron chi connectivity index (χ4n) is 2.11. The number of nitrogens with one attached hydrogen (secondary N) is 1. The molecule has 0 saturated heterocycles. The summed E-state index contributed by atoms with van der Waals surface area (Å²) < 4.78 is 5.59. The molecule has 1 aliphatic carbocycles. The molecule has 1 aromatic rings. The van der Waals surface area contributed by atoms with Crippen molar-refractivity contribution in [2.45, 2.75) is 32.1 Å². The maximum Gasteiger partial charge on any atom is 0.0591 e. The maximum atomic E-state index is 5.69. The van der Waals surface area contributed by atoms with Crippen molar-refractivity contribution in [1.82, 2.24) is 5.32 Å². The van der Waals surface area contributed by atoms with Gasteiger partial charge in [-0.2, -0.15) is 0 Å². The van der Waals surface area contributed by atoms with Gasteiger partial charge in [-0.3, -0.25) is 0 Å². The average Bonchev–Trinajstić information content (AvgIpc) is 3.22. The van der Waals surface area contributed by atoms with Gasteiger partial charge in [0.1, 0.15) is 0 Å². The number of hydrogen-bond acceptors (Lipinski definition) is 3. The minimum atomic E-state index is 0.570. The van der Waals surface area contributed by atoms with Gasteiger partial charge in [0.05, 0.1) is 6.61 Å². The average molecular weight is 262 g/mol. The lowest BCUT2D eigenvalue weighted by Gasteiger charge is -2.13. The van der Waals surface area contributed by atoms with Crippen LogP contribution in [-0.4, -0.2) is 26.3 Å². The molecule has 1 fully saturated rings. The zero-order chi connectivity index (χ0) is 13.5. The Kier molecular flexibility index (Phi) is 5.67. The molecule has 0 aromatic heterocycles. The highest BCUT2D eigenvalue weighted by molar-refractivity contribution is 5.40. The summed E-state index contributed by atoms with van der Waals surface area (Å²) in [4.78, 5) is 0. The van der Waals surface area contributed by atoms with Crippen LogP contribution < -0.4 is 11.1 Å². The van der Waals surface area contributed by atoms with Crippen molar-refractivity contribution in [2.75, 3.05) is 32.0 Å². The molecule has 3 heteroatoms. The standard InChI is InChI=1S/C16H26N2O/c1-13(15-4-6-16(17)7-5-15)8-9-18-10-11-19-12-14-2-3-14/h4-7,13-14,18H,2-3,8-12,17H2,1H3. The first kappa shape index (κ1) is 14.4. The van der Waals surface area contributed by atoms with Crippen molar-refractivity contribution in [2.24, 2.45) is 5.92 Å². The van der Waals surface area contributed by atoms with Crippen LogP contribution in [0.25, 0.3) is 0 Å². The van der Waals surface area contributed by atoms with Crippen molar-refractivity contribution in [3.63, 3.8) is 0 Å². The highest BCUT2D eigenvalue weighted by atomic mass is 16.5. The molecule has 3 N–H and O–H groups in total. The Labute approximate surface area is 116 Å². The second kappa shape index (κ2) is 7.51. The Hall–Kier alpha value is -1.06. The van der Waals surface area contributed by atoms with Crippen molar-refractivity contribution in [1.29, 1.82) is 0 Å². The number of anilines is 1. The molecular formula is C16H26N2O. The van der Waals surface area contributed by atoms with Crippen LogP contribution in [0.4, 0.5) is 5.69 Å². The molecule has 2 rings (SSSR count). The molecule has 0 spiro atoms. The molecule has 106 valence electrons. The molecule has 19 heavy (non-hydrogen) atoms. The predicted octanol–water partition coefficient (Wildman–Crippen LogP) is 2.78. The topological polar surface area (TPSA) is 47.3 Å². The van der Waals surface area contributed by atoms with E-state index in [2.05, 4.69) is 24.4 Å². The third-order valence-electron chi connectivity index (χ3n) is 3.73. The summed E-state index contributed by atoms with van der Waals surface area (Å²) in [5.74, 6) is 1.44. The lowest BCUT2D eigenvalue weighted by atomic mass is 9.98. The van der Waals surface area contributed by atoms with Crippen molar-refractivity contribution >= 4 is 5.69 Å². The van der Waals surface area contributed by atoms with E-state index in [0.717, 1.165) is 44.3 Å². The highest BCUT2D eigenvalue weighted by Crippen LogP contribution is 2.28. The van der Waals surface area contributed by atoms with E-state index in [1.807, 2.05) is 12.1 Å². The van der Waals surface area contributed by atoms with Crippen LogP contribution >= 0.6 is 0 Å². The van der Waals surface area contributed by atoms with E-state index in [1.54, 1.807) is 0 Å². The third kappa shape index (κ3) is 5.62. The van der Waals surface area contributed by atoms with Crippen LogP contribution in [0.2, 0.25) is 0 Å². The summed E-state index contributed by atoms with van der Waals surface area (Å²) in [6.45, 7) is 6.06. The van der Waals surface area contributed by atoms with E-state index in [-0.39, 0.29) is 0 Å². The maximum absolute atomic E-state index is 5.69. The highest BCUT2D eigenvalue weighted by Gasteiger charge is 2.20. The number of rotatable bonds is 9. The second-order valence-corrected chi connectivity index (χ2v) is 5.62. The first-order valence-electron chi connectivity index (χ1n) is 7.39. The largest absolute Gasteiger partial charge is 0.399 e. The first-order valence-corrected chi connectivity index (χ1v) is 7.39. The summed E-state index contributed by atoms with van der Waals surface area (Å²) in [6, 6.07) is 8.20. The molecular weight excluding hydrogens is 236 g/mol. The molecule has 1 aliphatic rings. The van der Waals surface area contributed by atoms with Crippen LogP contribution in [0, 0.1) is 5.92 Å². The molecule has 1 atom stereocenters. The Bertz CT molecular complexity index is 360. The van der Waals surface area contributed by atoms with E-state index >= 15 is 0 Å². The Morgan fingerprint density at radius 2 is 2.00 bits per heavy atom. The van der Waals surface area contributed by atoms with Gasteiger partial charge in [0.25, 0.3) is 0 Å². The molecule has 0 heterocycles. The summed E-state index contributed by atoms with van der Waals surface area (Å²) in [5.41, 5.74) is 7.89. The molecule has 0 aliphatic heterocycles. The first-order chi connectivity index (χ1) is 9.25. The Morgan fingerprint density at radius 3 is 2.68 bits per heavy atom. The van der Waals surface area contributed by atoms with E-state index in [9.17, 15) is 0 Å². The Balaban J connectivity index is 1.50. The Morgan fingerprint density at radius 1 is 1.26 bits per heavy atom. The van der Waals surface area contributed by atoms with Gasteiger partial charge in [-0.15, -0.1) is 0 Å². The molecule has 0 radical (unpaired) electrons. The van der Waals surface area contributed by atoms with E-state index in [1.165, 1.54) is 18.4 Å². The number of benzene rings is 1. The summed E-state index contributed by atoms with van der Waals surface area (Å²) in [7, 11) is 0. The van der Waals surface area contributed by atoms with Gasteiger partial charge in [-0.25, -0.2) is 0 Å². The molecule has 3 nitrogen and oxygen atoms in total. The van der Waals surface area contributed by atoms with Crippen molar-refractivity contribution in [3.05, 3.63) is 29.8 Å². The van der Waals surface area contributed by atoms with Crippen LogP contribution in [0.5, 0.6) is 0 Å². The van der Waals surface area contributed by atoms with E-state index < -0.39 is 0 Å². The predicted molar refractivity (Wildman–Crippen MR) is 80.3 cm³/mol. The van der Waals surface area contributed by atoms with Gasteiger partial charge in [0.2, 0.25) is 0 Å². The fraction of sp³-hybridized carbons (Fsp3) is 0.625. The lowest BCUT2D eigenvalue weighted by Crippen LogP contribution is -2.22. The van der Waals surface area contributed by atoms with Crippen molar-refractivity contribution < 1.29 is 4.74 Å². The second-order valence-electron chi connectivity index (χ2n) is 5.62. The number of ether oxygens (including phenoxy) is 1. The molecule has 1 unspecified atom stereocenters. The van der Waals surface area contributed by atoms with Crippen LogP contribution in [0.3, 0.4) is 0 Å². The smallest absolute Gasteiger partial charge is 0.0591 e. The zero-order valence-corrected chi connectivity index (χ0v) is 11.9. The van der Waals surface area contributed by atoms with Gasteiger partial charge < -0.3 is 15.8 Å². The summed E-state index contributed by atoms with van der Waals surface area (Å²) in [5, 5.41) is 3.44. The molecule has 0 amide bonds. The molecule has 0 bridgehead atoms. The fourth-order valence-corrected chi connectivity index (χ4v) is 2.11. The van der Waals surface area contributed by atoms with E-state index in [0.29, 0.717) is 5.92 Å². The molecule has 1 saturated carbocycles. The van der Waals surface area contributed by atoms with E-state index in [4.69, 9.17) is 10.5 Å². The van der Waals surface area contributed by atoms with Gasteiger partial charge in [0, 0.05) is 18.8 Å². The monoisotopic (exact) mass is 262 g/mol. The summed E-state index contributed by atoms with van der Waals surface area (Å²) in [6.07, 6.45) is 3.88. The number of nitrogens with two attached hydrogens (primary N) is 1. The van der Waals surface area contributed by atoms with Crippen LogP contribution in [0.1, 0.15) is 37.7 Å². The minimum Gasteiger partial charge on any atom is -0.399 e. The zero-order valence-electron chi connectivity index (χ0n) is 11.9. The minimum absolute atomic E-state index is 0.570.